The zero-order chi connectivity index (χ0) is 16.3. The largest absolute Gasteiger partial charge is 0.368 e. The van der Waals surface area contributed by atoms with Crippen LogP contribution in [0.2, 0.25) is 0 Å². The Labute approximate surface area is 131 Å². The van der Waals surface area contributed by atoms with Crippen molar-refractivity contribution in [2.75, 3.05) is 23.9 Å². The third-order valence-electron chi connectivity index (χ3n) is 4.09. The normalized spacial score (nSPS) is 21.3. The highest BCUT2D eigenvalue weighted by Gasteiger charge is 2.33. The van der Waals surface area contributed by atoms with E-state index in [-0.39, 0.29) is 23.5 Å². The second kappa shape index (κ2) is 6.64. The first kappa shape index (κ1) is 16.7. The Bertz CT molecular complexity index is 628. The van der Waals surface area contributed by atoms with Crippen molar-refractivity contribution in [2.45, 2.75) is 38.8 Å². The number of aromatic nitrogens is 1. The Morgan fingerprint density at radius 3 is 2.73 bits per heavy atom. The van der Waals surface area contributed by atoms with Gasteiger partial charge in [-0.3, -0.25) is 4.79 Å². The first-order valence-electron chi connectivity index (χ1n) is 7.52. The number of sulfone groups is 1. The molecule has 1 aliphatic heterocycles. The maximum absolute atomic E-state index is 12.4. The summed E-state index contributed by atoms with van der Waals surface area (Å²) in [5, 5.41) is 3.24. The van der Waals surface area contributed by atoms with Gasteiger partial charge in [0.1, 0.15) is 5.82 Å². The van der Waals surface area contributed by atoms with Gasteiger partial charge >= 0.3 is 0 Å². The molecule has 1 fully saturated rings. The first-order chi connectivity index (χ1) is 10.3. The number of pyridine rings is 1. The van der Waals surface area contributed by atoms with Gasteiger partial charge in [0.15, 0.2) is 9.84 Å². The zero-order valence-corrected chi connectivity index (χ0v) is 14.1. The molecular formula is C15H23N3O3S. The highest BCUT2D eigenvalue weighted by atomic mass is 32.2. The number of carbonyl (C=O) groups excluding carboxylic acids is 1. The summed E-state index contributed by atoms with van der Waals surface area (Å²) >= 11 is 0. The minimum absolute atomic E-state index is 0.0519. The quantitative estimate of drug-likeness (QED) is 0.888. The highest BCUT2D eigenvalue weighted by Crippen LogP contribution is 2.19. The van der Waals surface area contributed by atoms with E-state index in [2.05, 4.69) is 24.1 Å². The van der Waals surface area contributed by atoms with Gasteiger partial charge in [-0.15, -0.1) is 0 Å². The van der Waals surface area contributed by atoms with Gasteiger partial charge in [-0.1, -0.05) is 6.92 Å². The van der Waals surface area contributed by atoms with Crippen molar-refractivity contribution in [1.82, 2.24) is 9.88 Å². The second-order valence-electron chi connectivity index (χ2n) is 5.86. The molecule has 2 atom stereocenters. The molecule has 122 valence electrons. The van der Waals surface area contributed by atoms with Crippen LogP contribution in [-0.4, -0.2) is 54.8 Å². The van der Waals surface area contributed by atoms with E-state index >= 15 is 0 Å². The van der Waals surface area contributed by atoms with Crippen molar-refractivity contribution in [3.63, 3.8) is 0 Å². The van der Waals surface area contributed by atoms with Gasteiger partial charge in [-0.2, -0.15) is 0 Å². The average Bonchev–Trinajstić information content (AvgIpc) is 2.86. The van der Waals surface area contributed by atoms with Crippen LogP contribution >= 0.6 is 0 Å². The van der Waals surface area contributed by atoms with E-state index in [1.807, 2.05) is 0 Å². The van der Waals surface area contributed by atoms with E-state index in [0.29, 0.717) is 18.0 Å². The molecule has 22 heavy (non-hydrogen) atoms. The summed E-state index contributed by atoms with van der Waals surface area (Å²) in [5.41, 5.74) is 0.474. The van der Waals surface area contributed by atoms with Crippen LogP contribution in [0.5, 0.6) is 0 Å². The summed E-state index contributed by atoms with van der Waals surface area (Å²) in [6.45, 7) is 4.15. The number of amides is 1. The molecule has 1 saturated heterocycles. The van der Waals surface area contributed by atoms with Crippen molar-refractivity contribution in [1.29, 1.82) is 0 Å². The van der Waals surface area contributed by atoms with Crippen LogP contribution < -0.4 is 5.32 Å². The molecule has 2 unspecified atom stereocenters. The second-order valence-corrected chi connectivity index (χ2v) is 8.09. The molecule has 0 aromatic carbocycles. The predicted molar refractivity (Wildman–Crippen MR) is 86.8 cm³/mol. The standard InChI is InChI=1S/C15H23N3O3S/c1-4-11(2)17-14-6-5-12(9-16-14)15(19)18(3)13-7-8-22(20,21)10-13/h5-6,9,11,13H,4,7-8,10H2,1-3H3,(H,16,17). The summed E-state index contributed by atoms with van der Waals surface area (Å²) in [7, 11) is -1.35. The maximum Gasteiger partial charge on any atom is 0.255 e. The van der Waals surface area contributed by atoms with E-state index < -0.39 is 9.84 Å². The van der Waals surface area contributed by atoms with E-state index in [1.54, 1.807) is 19.2 Å². The summed E-state index contributed by atoms with van der Waals surface area (Å²) in [6, 6.07) is 3.58. The van der Waals surface area contributed by atoms with Crippen molar-refractivity contribution in [2.24, 2.45) is 0 Å². The topological polar surface area (TPSA) is 79.4 Å². The minimum atomic E-state index is -3.00. The molecule has 1 aliphatic rings. The van der Waals surface area contributed by atoms with Crippen LogP contribution in [0.4, 0.5) is 5.82 Å². The zero-order valence-electron chi connectivity index (χ0n) is 13.2. The molecule has 1 aromatic rings. The molecule has 2 rings (SSSR count). The van der Waals surface area contributed by atoms with Gasteiger partial charge in [-0.25, -0.2) is 13.4 Å². The van der Waals surface area contributed by atoms with Crippen LogP contribution in [0.25, 0.3) is 0 Å². The molecule has 1 N–H and O–H groups in total. The number of rotatable bonds is 5. The molecule has 0 radical (unpaired) electrons. The Kier molecular flexibility index (Phi) is 5.05. The Morgan fingerprint density at radius 1 is 1.50 bits per heavy atom. The Balaban J connectivity index is 2.03. The van der Waals surface area contributed by atoms with Crippen molar-refractivity contribution in [3.05, 3.63) is 23.9 Å². The van der Waals surface area contributed by atoms with E-state index in [1.165, 1.54) is 11.1 Å². The smallest absolute Gasteiger partial charge is 0.255 e. The Hall–Kier alpha value is -1.63. The van der Waals surface area contributed by atoms with Crippen molar-refractivity contribution >= 4 is 21.6 Å². The average molecular weight is 325 g/mol. The lowest BCUT2D eigenvalue weighted by Crippen LogP contribution is -2.37. The summed E-state index contributed by atoms with van der Waals surface area (Å²) in [5.74, 6) is 0.753. The lowest BCUT2D eigenvalue weighted by molar-refractivity contribution is 0.0747. The van der Waals surface area contributed by atoms with Gasteiger partial charge < -0.3 is 10.2 Å². The fraction of sp³-hybridized carbons (Fsp3) is 0.600. The molecule has 2 heterocycles. The third-order valence-corrected chi connectivity index (χ3v) is 5.84. The molecule has 0 spiro atoms. The predicted octanol–water partition coefficient (Wildman–Crippen LogP) is 1.55. The van der Waals surface area contributed by atoms with E-state index in [0.717, 1.165) is 12.2 Å². The Morgan fingerprint density at radius 2 is 2.23 bits per heavy atom. The van der Waals surface area contributed by atoms with Crippen LogP contribution in [0.1, 0.15) is 37.0 Å². The summed E-state index contributed by atoms with van der Waals surface area (Å²) in [4.78, 5) is 18.2. The number of carbonyl (C=O) groups is 1. The van der Waals surface area contributed by atoms with Crippen molar-refractivity contribution < 1.29 is 13.2 Å². The lowest BCUT2D eigenvalue weighted by Gasteiger charge is -2.23. The summed E-state index contributed by atoms with van der Waals surface area (Å²) < 4.78 is 23.0. The minimum Gasteiger partial charge on any atom is -0.368 e. The fourth-order valence-corrected chi connectivity index (χ4v) is 4.18. The van der Waals surface area contributed by atoms with Crippen LogP contribution in [0.15, 0.2) is 18.3 Å². The molecule has 6 nitrogen and oxygen atoms in total. The van der Waals surface area contributed by atoms with Crippen LogP contribution in [0, 0.1) is 0 Å². The van der Waals surface area contributed by atoms with Gasteiger partial charge in [0.2, 0.25) is 0 Å². The van der Waals surface area contributed by atoms with Crippen LogP contribution in [-0.2, 0) is 9.84 Å². The molecule has 1 amide bonds. The number of nitrogens with one attached hydrogen (secondary N) is 1. The number of anilines is 1. The molecule has 0 bridgehead atoms. The monoisotopic (exact) mass is 325 g/mol. The molecule has 7 heteroatoms. The maximum atomic E-state index is 12.4. The third kappa shape index (κ3) is 3.97. The number of nitrogens with zero attached hydrogens (tertiary/aromatic N) is 2. The highest BCUT2D eigenvalue weighted by molar-refractivity contribution is 7.91. The van der Waals surface area contributed by atoms with Crippen LogP contribution in [0.3, 0.4) is 0 Å². The van der Waals surface area contributed by atoms with E-state index in [9.17, 15) is 13.2 Å². The van der Waals surface area contributed by atoms with E-state index in [4.69, 9.17) is 0 Å². The SMILES string of the molecule is CCC(C)Nc1ccc(C(=O)N(C)C2CCS(=O)(=O)C2)cn1. The van der Waals surface area contributed by atoms with Gasteiger partial charge in [0.25, 0.3) is 5.91 Å². The molecule has 1 aromatic heterocycles. The van der Waals surface area contributed by atoms with Gasteiger partial charge in [0.05, 0.1) is 17.1 Å². The lowest BCUT2D eigenvalue weighted by atomic mass is 10.2. The molecule has 0 aliphatic carbocycles. The molecular weight excluding hydrogens is 302 g/mol. The number of hydrogen-bond donors (Lipinski definition) is 1. The fourth-order valence-electron chi connectivity index (χ4n) is 2.41. The van der Waals surface area contributed by atoms with Gasteiger partial charge in [0, 0.05) is 25.3 Å². The van der Waals surface area contributed by atoms with Crippen molar-refractivity contribution in [3.8, 4) is 0 Å². The number of hydrogen-bond acceptors (Lipinski definition) is 5. The summed E-state index contributed by atoms with van der Waals surface area (Å²) in [6.07, 6.45) is 3.03. The molecule has 0 saturated carbocycles. The van der Waals surface area contributed by atoms with Gasteiger partial charge in [-0.05, 0) is 31.9 Å². The first-order valence-corrected chi connectivity index (χ1v) is 9.34.